The number of nitrogens with zero attached hydrogens (tertiary/aromatic N) is 3. The molecular weight excluding hydrogens is 432 g/mol. The van der Waals surface area contributed by atoms with E-state index < -0.39 is 23.8 Å². The van der Waals surface area contributed by atoms with Gasteiger partial charge >= 0.3 is 0 Å². The third-order valence-electron chi connectivity index (χ3n) is 8.18. The van der Waals surface area contributed by atoms with Crippen molar-refractivity contribution in [2.24, 2.45) is 5.92 Å². The van der Waals surface area contributed by atoms with Gasteiger partial charge in [0.05, 0.1) is 11.1 Å². The van der Waals surface area contributed by atoms with Crippen molar-refractivity contribution < 1.29 is 19.2 Å². The van der Waals surface area contributed by atoms with Gasteiger partial charge in [-0.1, -0.05) is 19.3 Å². The molecule has 34 heavy (non-hydrogen) atoms. The summed E-state index contributed by atoms with van der Waals surface area (Å²) >= 11 is 0. The lowest BCUT2D eigenvalue weighted by Crippen LogP contribution is -2.54. The number of carbonyl (C=O) groups excluding carboxylic acids is 4. The van der Waals surface area contributed by atoms with Gasteiger partial charge in [-0.25, -0.2) is 0 Å². The molecule has 0 bridgehead atoms. The largest absolute Gasteiger partial charge is 0.371 e. The summed E-state index contributed by atoms with van der Waals surface area (Å²) in [5.41, 5.74) is 1.58. The van der Waals surface area contributed by atoms with Crippen LogP contribution in [-0.4, -0.2) is 72.2 Å². The number of anilines is 1. The number of amides is 4. The maximum Gasteiger partial charge on any atom is 0.262 e. The summed E-state index contributed by atoms with van der Waals surface area (Å²) in [5, 5.41) is 2.24. The van der Waals surface area contributed by atoms with Crippen molar-refractivity contribution in [3.05, 3.63) is 29.3 Å². The van der Waals surface area contributed by atoms with Gasteiger partial charge in [0.1, 0.15) is 6.04 Å². The van der Waals surface area contributed by atoms with E-state index in [2.05, 4.69) is 22.2 Å². The lowest BCUT2D eigenvalue weighted by atomic mass is 9.88. The third-order valence-corrected chi connectivity index (χ3v) is 8.18. The number of hydrogen-bond donors (Lipinski definition) is 1. The first-order valence-electron chi connectivity index (χ1n) is 12.7. The molecule has 1 N–H and O–H groups in total. The summed E-state index contributed by atoms with van der Waals surface area (Å²) in [6.07, 6.45) is 9.35. The summed E-state index contributed by atoms with van der Waals surface area (Å²) < 4.78 is 0. The Labute approximate surface area is 200 Å². The molecule has 1 aliphatic carbocycles. The summed E-state index contributed by atoms with van der Waals surface area (Å²) in [6, 6.07) is 4.84. The molecule has 182 valence electrons. The minimum Gasteiger partial charge on any atom is -0.371 e. The van der Waals surface area contributed by atoms with Crippen LogP contribution < -0.4 is 10.2 Å². The molecule has 4 amide bonds. The standard InChI is InChI=1S/C26H34N4O4/c1-28(18-11-13-29(14-12-18)16-17-5-3-2-4-6-17)19-7-8-20-21(15-19)26(34)30(25(20)33)22-9-10-23(31)27-24(22)32/h7-8,15,17-18,22H,2-6,9-14,16H2,1H3,(H,27,31,32). The van der Waals surface area contributed by atoms with E-state index in [-0.39, 0.29) is 18.7 Å². The zero-order valence-electron chi connectivity index (χ0n) is 19.9. The zero-order valence-corrected chi connectivity index (χ0v) is 19.9. The molecule has 0 radical (unpaired) electrons. The topological polar surface area (TPSA) is 90.0 Å². The number of nitrogens with one attached hydrogen (secondary N) is 1. The summed E-state index contributed by atoms with van der Waals surface area (Å²) in [4.78, 5) is 55.7. The Balaban J connectivity index is 1.23. The minimum atomic E-state index is -0.931. The molecule has 0 spiro atoms. The van der Waals surface area contributed by atoms with Crippen molar-refractivity contribution in [3.63, 3.8) is 0 Å². The van der Waals surface area contributed by atoms with E-state index in [1.807, 2.05) is 6.07 Å². The average molecular weight is 467 g/mol. The van der Waals surface area contributed by atoms with Gasteiger partial charge in [-0.15, -0.1) is 0 Å². The Morgan fingerprint density at radius 3 is 2.32 bits per heavy atom. The van der Waals surface area contributed by atoms with Crippen molar-refractivity contribution in [2.45, 2.75) is 69.9 Å². The van der Waals surface area contributed by atoms with E-state index in [9.17, 15) is 19.2 Å². The van der Waals surface area contributed by atoms with Crippen molar-refractivity contribution in [1.29, 1.82) is 0 Å². The Kier molecular flexibility index (Phi) is 6.42. The number of fused-ring (bicyclic) bond motifs is 1. The van der Waals surface area contributed by atoms with Crippen LogP contribution in [0.2, 0.25) is 0 Å². The molecule has 1 atom stereocenters. The molecular formula is C26H34N4O4. The number of hydrogen-bond acceptors (Lipinski definition) is 6. The fourth-order valence-corrected chi connectivity index (χ4v) is 6.11. The molecule has 1 saturated carbocycles. The van der Waals surface area contributed by atoms with Crippen LogP contribution in [0.25, 0.3) is 0 Å². The fraction of sp³-hybridized carbons (Fsp3) is 0.615. The van der Waals surface area contributed by atoms with Gasteiger partial charge in [0.15, 0.2) is 0 Å². The first kappa shape index (κ1) is 23.0. The van der Waals surface area contributed by atoms with Gasteiger partial charge in [-0.2, -0.15) is 0 Å². The van der Waals surface area contributed by atoms with Crippen molar-refractivity contribution in [2.75, 3.05) is 31.6 Å². The molecule has 3 fully saturated rings. The lowest BCUT2D eigenvalue weighted by Gasteiger charge is -2.39. The van der Waals surface area contributed by atoms with Crippen LogP contribution in [0.15, 0.2) is 18.2 Å². The van der Waals surface area contributed by atoms with Gasteiger partial charge in [-0.05, 0) is 56.2 Å². The number of imide groups is 2. The van der Waals surface area contributed by atoms with Crippen LogP contribution >= 0.6 is 0 Å². The van der Waals surface area contributed by atoms with E-state index in [1.165, 1.54) is 38.6 Å². The van der Waals surface area contributed by atoms with E-state index in [4.69, 9.17) is 0 Å². The molecule has 1 aromatic carbocycles. The van der Waals surface area contributed by atoms with E-state index in [0.717, 1.165) is 42.4 Å². The molecule has 2 saturated heterocycles. The van der Waals surface area contributed by atoms with Gasteiger partial charge in [0.2, 0.25) is 11.8 Å². The maximum absolute atomic E-state index is 13.1. The minimum absolute atomic E-state index is 0.122. The van der Waals surface area contributed by atoms with Crippen LogP contribution in [0.5, 0.6) is 0 Å². The summed E-state index contributed by atoms with van der Waals surface area (Å²) in [6.45, 7) is 3.41. The van der Waals surface area contributed by atoms with Gasteiger partial charge in [-0.3, -0.25) is 29.4 Å². The predicted molar refractivity (Wildman–Crippen MR) is 128 cm³/mol. The molecule has 5 rings (SSSR count). The number of benzene rings is 1. The van der Waals surface area contributed by atoms with Crippen LogP contribution in [0.1, 0.15) is 78.5 Å². The second kappa shape index (κ2) is 9.49. The normalized spacial score (nSPS) is 25.0. The van der Waals surface area contributed by atoms with Gasteiger partial charge < -0.3 is 9.80 Å². The van der Waals surface area contributed by atoms with Crippen LogP contribution in [0.4, 0.5) is 5.69 Å². The highest BCUT2D eigenvalue weighted by atomic mass is 16.2. The SMILES string of the molecule is CN(c1ccc2c(c1)C(=O)N(C1CCC(=O)NC1=O)C2=O)C1CCN(CC2CCCCC2)CC1. The second-order valence-electron chi connectivity index (χ2n) is 10.3. The molecule has 4 aliphatic rings. The van der Waals surface area contributed by atoms with Crippen LogP contribution in [0, 0.1) is 5.92 Å². The average Bonchev–Trinajstić information content (AvgIpc) is 3.09. The molecule has 3 heterocycles. The Bertz CT molecular complexity index is 995. The lowest BCUT2D eigenvalue weighted by molar-refractivity contribution is -0.136. The Hall–Kier alpha value is -2.74. The molecule has 8 heteroatoms. The highest BCUT2D eigenvalue weighted by molar-refractivity contribution is 6.23. The molecule has 1 aromatic rings. The van der Waals surface area contributed by atoms with Crippen molar-refractivity contribution in [3.8, 4) is 0 Å². The van der Waals surface area contributed by atoms with E-state index in [0.29, 0.717) is 17.2 Å². The Morgan fingerprint density at radius 2 is 1.62 bits per heavy atom. The predicted octanol–water partition coefficient (Wildman–Crippen LogP) is 2.57. The second-order valence-corrected chi connectivity index (χ2v) is 10.3. The fourth-order valence-electron chi connectivity index (χ4n) is 6.11. The highest BCUT2D eigenvalue weighted by Gasteiger charge is 2.44. The van der Waals surface area contributed by atoms with Crippen molar-refractivity contribution >= 4 is 29.3 Å². The van der Waals surface area contributed by atoms with Crippen LogP contribution in [-0.2, 0) is 9.59 Å². The Morgan fingerprint density at radius 1 is 0.912 bits per heavy atom. The van der Waals surface area contributed by atoms with Crippen LogP contribution in [0.3, 0.4) is 0 Å². The van der Waals surface area contributed by atoms with Gasteiger partial charge in [0, 0.05) is 44.8 Å². The van der Waals surface area contributed by atoms with E-state index >= 15 is 0 Å². The monoisotopic (exact) mass is 466 g/mol. The third kappa shape index (κ3) is 4.35. The molecule has 0 aromatic heterocycles. The summed E-state index contributed by atoms with van der Waals surface area (Å²) in [7, 11) is 2.06. The molecule has 3 aliphatic heterocycles. The summed E-state index contributed by atoms with van der Waals surface area (Å²) in [5.74, 6) is -1.00. The first-order valence-corrected chi connectivity index (χ1v) is 12.7. The number of carbonyl (C=O) groups is 4. The number of rotatable bonds is 5. The molecule has 1 unspecified atom stereocenters. The number of likely N-dealkylation sites (tertiary alicyclic amines) is 1. The smallest absolute Gasteiger partial charge is 0.262 e. The first-order chi connectivity index (χ1) is 16.4. The van der Waals surface area contributed by atoms with Crippen molar-refractivity contribution in [1.82, 2.24) is 15.1 Å². The molecule has 8 nitrogen and oxygen atoms in total. The van der Waals surface area contributed by atoms with E-state index in [1.54, 1.807) is 12.1 Å². The maximum atomic E-state index is 13.1. The number of piperidine rings is 2. The van der Waals surface area contributed by atoms with Gasteiger partial charge in [0.25, 0.3) is 11.8 Å². The highest BCUT2D eigenvalue weighted by Crippen LogP contribution is 2.32. The quantitative estimate of drug-likeness (QED) is 0.671. The zero-order chi connectivity index (χ0) is 23.8.